The molecule has 0 spiro atoms. The number of nitrogens with one attached hydrogen (secondary N) is 1. The maximum absolute atomic E-state index is 13.8. The quantitative estimate of drug-likeness (QED) is 0.888. The lowest BCUT2D eigenvalue weighted by molar-refractivity contribution is 0.400. The first-order valence-electron chi connectivity index (χ1n) is 6.79. The number of rotatable bonds is 2. The van der Waals surface area contributed by atoms with Crippen molar-refractivity contribution in [3.05, 3.63) is 70.9 Å². The molecule has 3 rings (SSSR count). The zero-order chi connectivity index (χ0) is 15.7. The molecule has 5 heteroatoms. The highest BCUT2D eigenvalue weighted by atomic mass is 19.2. The molecule has 0 bridgehead atoms. The number of aliphatic imine (C=N–C) groups is 1. The van der Waals surface area contributed by atoms with Crippen molar-refractivity contribution in [2.24, 2.45) is 4.99 Å². The lowest BCUT2D eigenvalue weighted by Gasteiger charge is -2.19. The summed E-state index contributed by atoms with van der Waals surface area (Å²) in [5, 5.41) is 12.1. The molecule has 0 fully saturated rings. The number of phenolic OH excluding ortho intramolecular Hbond substituents is 1. The summed E-state index contributed by atoms with van der Waals surface area (Å²) in [4.78, 5) is 4.22. The van der Waals surface area contributed by atoms with Crippen LogP contribution in [0, 0.1) is 18.6 Å². The second-order valence-electron chi connectivity index (χ2n) is 5.11. The third-order valence-corrected chi connectivity index (χ3v) is 3.53. The van der Waals surface area contributed by atoms with E-state index in [2.05, 4.69) is 10.3 Å². The number of nitrogens with zero attached hydrogens (tertiary/aromatic N) is 1. The molecular formula is C17H14F2N2O. The zero-order valence-electron chi connectivity index (χ0n) is 11.8. The maximum Gasteiger partial charge on any atom is 0.200 e. The SMILES string of the molecule is Cc1ccc(C2=CNC(c3ccc(O)c(F)c3F)N=C2)cc1. The summed E-state index contributed by atoms with van der Waals surface area (Å²) >= 11 is 0. The number of halogens is 2. The summed E-state index contributed by atoms with van der Waals surface area (Å²) in [5.41, 5.74) is 3.05. The molecule has 1 unspecified atom stereocenters. The average Bonchev–Trinajstić information content (AvgIpc) is 2.54. The van der Waals surface area contributed by atoms with E-state index in [1.54, 1.807) is 12.4 Å². The van der Waals surface area contributed by atoms with E-state index in [-0.39, 0.29) is 5.56 Å². The van der Waals surface area contributed by atoms with Crippen molar-refractivity contribution in [1.82, 2.24) is 5.32 Å². The molecule has 2 N–H and O–H groups in total. The van der Waals surface area contributed by atoms with Gasteiger partial charge in [0, 0.05) is 23.6 Å². The Hall–Kier alpha value is -2.69. The van der Waals surface area contributed by atoms with E-state index in [9.17, 15) is 8.78 Å². The molecule has 112 valence electrons. The number of hydrogen-bond donors (Lipinski definition) is 2. The highest BCUT2D eigenvalue weighted by molar-refractivity contribution is 6.10. The van der Waals surface area contributed by atoms with Gasteiger partial charge in [-0.05, 0) is 24.6 Å². The van der Waals surface area contributed by atoms with Gasteiger partial charge in [0.05, 0.1) is 0 Å². The van der Waals surface area contributed by atoms with Gasteiger partial charge in [-0.25, -0.2) is 4.39 Å². The van der Waals surface area contributed by atoms with Gasteiger partial charge in [-0.15, -0.1) is 0 Å². The smallest absolute Gasteiger partial charge is 0.200 e. The van der Waals surface area contributed by atoms with E-state index < -0.39 is 23.5 Å². The first kappa shape index (κ1) is 14.3. The predicted octanol–water partition coefficient (Wildman–Crippen LogP) is 3.69. The van der Waals surface area contributed by atoms with E-state index in [4.69, 9.17) is 5.11 Å². The molecule has 2 aromatic carbocycles. The van der Waals surface area contributed by atoms with Crippen molar-refractivity contribution >= 4 is 11.8 Å². The highest BCUT2D eigenvalue weighted by Crippen LogP contribution is 2.28. The first-order chi connectivity index (χ1) is 10.6. The Balaban J connectivity index is 1.84. The van der Waals surface area contributed by atoms with Gasteiger partial charge in [-0.3, -0.25) is 4.99 Å². The lowest BCUT2D eigenvalue weighted by Crippen LogP contribution is -2.19. The molecule has 0 radical (unpaired) electrons. The molecule has 1 aliphatic heterocycles. The van der Waals surface area contributed by atoms with E-state index in [0.717, 1.165) is 22.8 Å². The minimum absolute atomic E-state index is 0.0470. The fourth-order valence-electron chi connectivity index (χ4n) is 2.24. The molecular weight excluding hydrogens is 286 g/mol. The second-order valence-corrected chi connectivity index (χ2v) is 5.11. The Bertz CT molecular complexity index is 767. The van der Waals surface area contributed by atoms with Crippen LogP contribution in [-0.2, 0) is 0 Å². The van der Waals surface area contributed by atoms with Crippen LogP contribution in [0.2, 0.25) is 0 Å². The molecule has 1 aliphatic rings. The van der Waals surface area contributed by atoms with Gasteiger partial charge < -0.3 is 10.4 Å². The Morgan fingerprint density at radius 3 is 2.41 bits per heavy atom. The van der Waals surface area contributed by atoms with Gasteiger partial charge in [0.2, 0.25) is 5.82 Å². The summed E-state index contributed by atoms with van der Waals surface area (Å²) in [7, 11) is 0. The van der Waals surface area contributed by atoms with E-state index in [1.165, 1.54) is 6.07 Å². The third kappa shape index (κ3) is 2.57. The van der Waals surface area contributed by atoms with Crippen LogP contribution in [0.3, 0.4) is 0 Å². The number of phenols is 1. The lowest BCUT2D eigenvalue weighted by atomic mass is 10.0. The molecule has 1 atom stereocenters. The Morgan fingerprint density at radius 1 is 1.05 bits per heavy atom. The summed E-state index contributed by atoms with van der Waals surface area (Å²) in [5.74, 6) is -3.07. The van der Waals surface area contributed by atoms with E-state index in [1.807, 2.05) is 31.2 Å². The van der Waals surface area contributed by atoms with Crippen LogP contribution in [-0.4, -0.2) is 11.3 Å². The van der Waals surface area contributed by atoms with Crippen LogP contribution in [0.5, 0.6) is 5.75 Å². The van der Waals surface area contributed by atoms with Gasteiger partial charge >= 0.3 is 0 Å². The van der Waals surface area contributed by atoms with E-state index >= 15 is 0 Å². The zero-order valence-corrected chi connectivity index (χ0v) is 11.8. The van der Waals surface area contributed by atoms with Crippen LogP contribution in [0.15, 0.2) is 47.6 Å². The minimum Gasteiger partial charge on any atom is -0.505 e. The Labute approximate surface area is 126 Å². The minimum atomic E-state index is -1.26. The van der Waals surface area contributed by atoms with Crippen LogP contribution in [0.1, 0.15) is 22.9 Å². The summed E-state index contributed by atoms with van der Waals surface area (Å²) < 4.78 is 27.2. The van der Waals surface area contributed by atoms with Gasteiger partial charge in [0.25, 0.3) is 0 Å². The van der Waals surface area contributed by atoms with Crippen molar-refractivity contribution in [3.8, 4) is 5.75 Å². The van der Waals surface area contributed by atoms with Crippen LogP contribution in [0.25, 0.3) is 5.57 Å². The number of benzene rings is 2. The van der Waals surface area contributed by atoms with Crippen molar-refractivity contribution in [2.75, 3.05) is 0 Å². The molecule has 0 saturated heterocycles. The highest BCUT2D eigenvalue weighted by Gasteiger charge is 2.20. The maximum atomic E-state index is 13.8. The second kappa shape index (κ2) is 5.60. The van der Waals surface area contributed by atoms with Crippen LogP contribution >= 0.6 is 0 Å². The van der Waals surface area contributed by atoms with Crippen molar-refractivity contribution in [2.45, 2.75) is 13.1 Å². The summed E-state index contributed by atoms with van der Waals surface area (Å²) in [6.07, 6.45) is 2.62. The Morgan fingerprint density at radius 2 is 1.77 bits per heavy atom. The summed E-state index contributed by atoms with van der Waals surface area (Å²) in [6.45, 7) is 2.00. The third-order valence-electron chi connectivity index (χ3n) is 3.53. The van der Waals surface area contributed by atoms with Gasteiger partial charge in [0.1, 0.15) is 6.17 Å². The Kier molecular flexibility index (Phi) is 3.63. The number of aromatic hydroxyl groups is 1. The molecule has 0 aliphatic carbocycles. The number of aryl methyl sites for hydroxylation is 1. The topological polar surface area (TPSA) is 44.6 Å². The normalized spacial score (nSPS) is 17.0. The molecule has 0 saturated carbocycles. The molecule has 2 aromatic rings. The molecule has 0 aromatic heterocycles. The molecule has 0 amide bonds. The van der Waals surface area contributed by atoms with Gasteiger partial charge in [-0.2, -0.15) is 4.39 Å². The fraction of sp³-hybridized carbons (Fsp3) is 0.118. The number of allylic oxidation sites excluding steroid dienone is 1. The average molecular weight is 300 g/mol. The fourth-order valence-corrected chi connectivity index (χ4v) is 2.24. The van der Waals surface area contributed by atoms with Crippen LogP contribution in [0.4, 0.5) is 8.78 Å². The first-order valence-corrected chi connectivity index (χ1v) is 6.79. The van der Waals surface area contributed by atoms with Crippen molar-refractivity contribution in [3.63, 3.8) is 0 Å². The number of hydrogen-bond acceptors (Lipinski definition) is 3. The molecule has 22 heavy (non-hydrogen) atoms. The molecule has 3 nitrogen and oxygen atoms in total. The summed E-state index contributed by atoms with van der Waals surface area (Å²) in [6, 6.07) is 10.3. The van der Waals surface area contributed by atoms with Crippen LogP contribution < -0.4 is 5.32 Å². The molecule has 1 heterocycles. The van der Waals surface area contributed by atoms with Gasteiger partial charge in [-0.1, -0.05) is 29.8 Å². The predicted molar refractivity (Wildman–Crippen MR) is 81.5 cm³/mol. The van der Waals surface area contributed by atoms with E-state index in [0.29, 0.717) is 0 Å². The van der Waals surface area contributed by atoms with Crippen molar-refractivity contribution < 1.29 is 13.9 Å². The monoisotopic (exact) mass is 300 g/mol. The largest absolute Gasteiger partial charge is 0.505 e. The standard InChI is InChI=1S/C17H14F2N2O/c1-10-2-4-11(5-3-10)12-8-20-17(21-9-12)13-6-7-14(22)16(19)15(13)18/h2-9,17,20,22H,1H3. The van der Waals surface area contributed by atoms with Crippen molar-refractivity contribution in [1.29, 1.82) is 0 Å². The van der Waals surface area contributed by atoms with Gasteiger partial charge in [0.15, 0.2) is 11.6 Å².